The summed E-state index contributed by atoms with van der Waals surface area (Å²) in [6, 6.07) is 7.66. The van der Waals surface area contributed by atoms with E-state index in [-0.39, 0.29) is 12.5 Å². The predicted octanol–water partition coefficient (Wildman–Crippen LogP) is 2.58. The molecule has 0 aromatic heterocycles. The predicted molar refractivity (Wildman–Crippen MR) is 84.9 cm³/mol. The molecule has 5 nitrogen and oxygen atoms in total. The van der Waals surface area contributed by atoms with E-state index in [0.717, 1.165) is 16.2 Å². The Kier molecular flexibility index (Phi) is 5.42. The molecule has 0 saturated heterocycles. The Morgan fingerprint density at radius 2 is 2.14 bits per heavy atom. The molecule has 7 heteroatoms. The number of thioether (sulfide) groups is 2. The van der Waals surface area contributed by atoms with Crippen LogP contribution in [0.15, 0.2) is 23.1 Å². The summed E-state index contributed by atoms with van der Waals surface area (Å²) in [6.07, 6.45) is 0. The Labute approximate surface area is 131 Å². The topological polar surface area (TPSA) is 85.3 Å². The van der Waals surface area contributed by atoms with E-state index in [2.05, 4.69) is 6.07 Å². The number of rotatable bonds is 6. The van der Waals surface area contributed by atoms with Crippen molar-refractivity contribution < 1.29 is 14.3 Å². The SMILES string of the molecule is CCS/C(C#N)=C(/SCC(N)=O)c1ccc2c(c1)OCO2. The number of benzene rings is 1. The summed E-state index contributed by atoms with van der Waals surface area (Å²) in [7, 11) is 0. The molecule has 0 unspecified atom stereocenters. The highest BCUT2D eigenvalue weighted by atomic mass is 32.2. The average Bonchev–Trinajstić information content (AvgIpc) is 2.93. The number of allylic oxidation sites excluding steroid dienone is 1. The molecule has 2 rings (SSSR count). The van der Waals surface area contributed by atoms with Crippen LogP contribution in [0.3, 0.4) is 0 Å². The lowest BCUT2D eigenvalue weighted by molar-refractivity contribution is -0.115. The molecule has 0 bridgehead atoms. The van der Waals surface area contributed by atoms with Crippen LogP contribution in [-0.4, -0.2) is 24.2 Å². The maximum absolute atomic E-state index is 11.0. The van der Waals surface area contributed by atoms with E-state index < -0.39 is 5.91 Å². The fourth-order valence-corrected chi connectivity index (χ4v) is 3.47. The van der Waals surface area contributed by atoms with Crippen LogP contribution in [-0.2, 0) is 4.79 Å². The maximum atomic E-state index is 11.0. The number of fused-ring (bicyclic) bond motifs is 1. The van der Waals surface area contributed by atoms with Crippen LogP contribution in [0, 0.1) is 11.3 Å². The van der Waals surface area contributed by atoms with Crippen molar-refractivity contribution in [1.82, 2.24) is 0 Å². The third-order valence-corrected chi connectivity index (χ3v) is 4.75. The minimum Gasteiger partial charge on any atom is -0.454 e. The second-order valence-electron chi connectivity index (χ2n) is 4.03. The molecule has 0 fully saturated rings. The van der Waals surface area contributed by atoms with Gasteiger partial charge in [-0.15, -0.1) is 23.5 Å². The van der Waals surface area contributed by atoms with Crippen molar-refractivity contribution in [1.29, 1.82) is 5.26 Å². The lowest BCUT2D eigenvalue weighted by Gasteiger charge is -2.10. The third-order valence-electron chi connectivity index (χ3n) is 2.59. The van der Waals surface area contributed by atoms with Gasteiger partial charge in [0.15, 0.2) is 11.5 Å². The quantitative estimate of drug-likeness (QED) is 0.810. The number of hydrogen-bond donors (Lipinski definition) is 1. The van der Waals surface area contributed by atoms with E-state index in [4.69, 9.17) is 15.2 Å². The van der Waals surface area contributed by atoms with Gasteiger partial charge in [-0.1, -0.05) is 6.92 Å². The van der Waals surface area contributed by atoms with E-state index in [1.165, 1.54) is 23.5 Å². The molecule has 0 atom stereocenters. The average molecular weight is 322 g/mol. The minimum absolute atomic E-state index is 0.124. The first-order chi connectivity index (χ1) is 10.2. The Morgan fingerprint density at radius 1 is 1.38 bits per heavy atom. The molecule has 1 aliphatic heterocycles. The smallest absolute Gasteiger partial charge is 0.231 e. The van der Waals surface area contributed by atoms with Crippen LogP contribution < -0.4 is 15.2 Å². The Morgan fingerprint density at radius 3 is 2.81 bits per heavy atom. The van der Waals surface area contributed by atoms with Gasteiger partial charge in [0.1, 0.15) is 6.07 Å². The second kappa shape index (κ2) is 7.29. The monoisotopic (exact) mass is 322 g/mol. The minimum atomic E-state index is -0.419. The van der Waals surface area contributed by atoms with E-state index in [9.17, 15) is 10.1 Å². The Hall–Kier alpha value is -1.78. The van der Waals surface area contributed by atoms with E-state index in [0.29, 0.717) is 16.4 Å². The van der Waals surface area contributed by atoms with E-state index in [1.54, 1.807) is 6.07 Å². The molecule has 21 heavy (non-hydrogen) atoms. The zero-order valence-electron chi connectivity index (χ0n) is 11.4. The number of nitriles is 1. The van der Waals surface area contributed by atoms with Crippen LogP contribution in [0.2, 0.25) is 0 Å². The molecule has 0 aliphatic carbocycles. The Balaban J connectivity index is 2.39. The Bertz CT molecular complexity index is 623. The van der Waals surface area contributed by atoms with Crippen molar-refractivity contribution in [3.8, 4) is 17.6 Å². The van der Waals surface area contributed by atoms with Gasteiger partial charge in [-0.05, 0) is 29.5 Å². The van der Waals surface area contributed by atoms with Gasteiger partial charge in [-0.2, -0.15) is 5.26 Å². The van der Waals surface area contributed by atoms with Crippen LogP contribution >= 0.6 is 23.5 Å². The van der Waals surface area contributed by atoms with Crippen LogP contribution in [0.1, 0.15) is 12.5 Å². The molecule has 110 valence electrons. The van der Waals surface area contributed by atoms with Gasteiger partial charge in [0, 0.05) is 4.91 Å². The van der Waals surface area contributed by atoms with E-state index in [1.807, 2.05) is 19.1 Å². The lowest BCUT2D eigenvalue weighted by atomic mass is 10.2. The number of amides is 1. The second-order valence-corrected chi connectivity index (χ2v) is 6.29. The number of primary amides is 1. The van der Waals surface area contributed by atoms with Gasteiger partial charge in [0.25, 0.3) is 0 Å². The summed E-state index contributed by atoms with van der Waals surface area (Å²) in [5.74, 6) is 1.80. The summed E-state index contributed by atoms with van der Waals surface area (Å²) in [5.41, 5.74) is 6.03. The van der Waals surface area contributed by atoms with Gasteiger partial charge < -0.3 is 15.2 Å². The van der Waals surface area contributed by atoms with Gasteiger partial charge in [0.05, 0.1) is 10.7 Å². The number of nitrogens with zero attached hydrogens (tertiary/aromatic N) is 1. The number of hydrogen-bond acceptors (Lipinski definition) is 6. The van der Waals surface area contributed by atoms with Crippen molar-refractivity contribution in [3.63, 3.8) is 0 Å². The highest BCUT2D eigenvalue weighted by Gasteiger charge is 2.18. The maximum Gasteiger partial charge on any atom is 0.231 e. The molecule has 0 spiro atoms. The number of carbonyl (C=O) groups is 1. The molecular weight excluding hydrogens is 308 g/mol. The number of carbonyl (C=O) groups excluding carboxylic acids is 1. The first kappa shape index (κ1) is 15.6. The van der Waals surface area contributed by atoms with Gasteiger partial charge in [-0.25, -0.2) is 0 Å². The van der Waals surface area contributed by atoms with Gasteiger partial charge in [-0.3, -0.25) is 4.79 Å². The fourth-order valence-electron chi connectivity index (χ4n) is 1.75. The molecule has 2 N–H and O–H groups in total. The molecule has 1 aliphatic rings. The number of nitrogens with two attached hydrogens (primary N) is 1. The molecular formula is C14H14N2O3S2. The van der Waals surface area contributed by atoms with Crippen LogP contribution in [0.5, 0.6) is 11.5 Å². The molecule has 0 saturated carbocycles. The van der Waals surface area contributed by atoms with Crippen LogP contribution in [0.4, 0.5) is 0 Å². The van der Waals surface area contributed by atoms with Gasteiger partial charge >= 0.3 is 0 Å². The molecule has 1 aromatic carbocycles. The summed E-state index contributed by atoms with van der Waals surface area (Å²) >= 11 is 2.70. The fraction of sp³-hybridized carbons (Fsp3) is 0.286. The molecule has 0 radical (unpaired) electrons. The van der Waals surface area contributed by atoms with E-state index >= 15 is 0 Å². The van der Waals surface area contributed by atoms with Crippen molar-refractivity contribution in [3.05, 3.63) is 28.7 Å². The summed E-state index contributed by atoms with van der Waals surface area (Å²) < 4.78 is 10.6. The largest absolute Gasteiger partial charge is 0.454 e. The first-order valence-electron chi connectivity index (χ1n) is 6.24. The zero-order chi connectivity index (χ0) is 15.2. The van der Waals surface area contributed by atoms with Crippen LogP contribution in [0.25, 0.3) is 4.91 Å². The summed E-state index contributed by atoms with van der Waals surface area (Å²) in [6.45, 7) is 2.17. The standard InChI is InChI=1S/C14H14N2O3S2/c1-2-20-12(6-15)14(21-7-13(16)17)9-3-4-10-11(5-9)19-8-18-10/h3-5H,2,7-8H2,1H3,(H2,16,17)/b14-12+. The van der Waals surface area contributed by atoms with Gasteiger partial charge in [0.2, 0.25) is 12.7 Å². The van der Waals surface area contributed by atoms with Crippen molar-refractivity contribution in [2.24, 2.45) is 5.73 Å². The highest BCUT2D eigenvalue weighted by Crippen LogP contribution is 2.40. The number of ether oxygens (including phenoxy) is 2. The summed E-state index contributed by atoms with van der Waals surface area (Å²) in [4.78, 5) is 12.3. The lowest BCUT2D eigenvalue weighted by Crippen LogP contribution is -2.13. The third kappa shape index (κ3) is 3.86. The normalized spacial score (nSPS) is 13.5. The highest BCUT2D eigenvalue weighted by molar-refractivity contribution is 8.11. The molecule has 1 amide bonds. The molecule has 1 heterocycles. The first-order valence-corrected chi connectivity index (χ1v) is 8.21. The van der Waals surface area contributed by atoms with Crippen molar-refractivity contribution in [2.45, 2.75) is 6.92 Å². The van der Waals surface area contributed by atoms with Crippen molar-refractivity contribution in [2.75, 3.05) is 18.3 Å². The summed E-state index contributed by atoms with van der Waals surface area (Å²) in [5, 5.41) is 9.33. The zero-order valence-corrected chi connectivity index (χ0v) is 13.1. The molecule has 1 aromatic rings. The van der Waals surface area contributed by atoms with Crippen molar-refractivity contribution >= 4 is 34.3 Å².